The molecular weight excluding hydrogens is 336 g/mol. The molecule has 4 fully saturated rings. The van der Waals surface area contributed by atoms with Gasteiger partial charge in [0.15, 0.2) is 5.78 Å². The maximum atomic E-state index is 13.2. The van der Waals surface area contributed by atoms with Crippen LogP contribution in [0, 0.1) is 23.2 Å². The minimum Gasteiger partial charge on any atom is -0.297 e. The van der Waals surface area contributed by atoms with E-state index in [1.165, 1.54) is 29.6 Å². The first-order chi connectivity index (χ1) is 13.0. The molecule has 5 nitrogen and oxygen atoms in total. The van der Waals surface area contributed by atoms with Crippen LogP contribution in [0.3, 0.4) is 0 Å². The van der Waals surface area contributed by atoms with Crippen molar-refractivity contribution >= 4 is 5.78 Å². The summed E-state index contributed by atoms with van der Waals surface area (Å²) in [6.45, 7) is 4.63. The van der Waals surface area contributed by atoms with E-state index >= 15 is 0 Å². The van der Waals surface area contributed by atoms with Crippen molar-refractivity contribution in [1.82, 2.24) is 20.2 Å². The Morgan fingerprint density at radius 1 is 1.07 bits per heavy atom. The van der Waals surface area contributed by atoms with Gasteiger partial charge in [0, 0.05) is 11.0 Å². The Bertz CT molecular complexity index is 816. The Kier molecular flexibility index (Phi) is 3.95. The first kappa shape index (κ1) is 17.1. The van der Waals surface area contributed by atoms with Crippen molar-refractivity contribution in [3.8, 4) is 11.4 Å². The smallest absolute Gasteiger partial charge is 0.204 e. The van der Waals surface area contributed by atoms with Gasteiger partial charge in [-0.25, -0.2) is 0 Å². The highest BCUT2D eigenvalue weighted by Gasteiger charge is 2.54. The van der Waals surface area contributed by atoms with Crippen LogP contribution in [-0.4, -0.2) is 26.0 Å². The second kappa shape index (κ2) is 6.25. The third kappa shape index (κ3) is 3.01. The minimum absolute atomic E-state index is 0.0958. The lowest BCUT2D eigenvalue weighted by Crippen LogP contribution is -2.50. The SMILES string of the molecule is CC(C)c1ccc(-c2nnn(CC(=O)C34CC5CC(CC(C5)C3)C4)n2)cc1. The van der Waals surface area contributed by atoms with Crippen LogP contribution in [-0.2, 0) is 11.3 Å². The van der Waals surface area contributed by atoms with Crippen LogP contribution in [0.5, 0.6) is 0 Å². The first-order valence-electron chi connectivity index (χ1n) is 10.4. The van der Waals surface area contributed by atoms with Crippen LogP contribution < -0.4 is 0 Å². The summed E-state index contributed by atoms with van der Waals surface area (Å²) >= 11 is 0. The summed E-state index contributed by atoms with van der Waals surface area (Å²) in [7, 11) is 0. The van der Waals surface area contributed by atoms with Crippen LogP contribution in [0.1, 0.15) is 63.9 Å². The van der Waals surface area contributed by atoms with Crippen molar-refractivity contribution in [2.75, 3.05) is 0 Å². The zero-order valence-electron chi connectivity index (χ0n) is 16.3. The topological polar surface area (TPSA) is 60.7 Å². The Morgan fingerprint density at radius 2 is 1.67 bits per heavy atom. The Labute approximate surface area is 160 Å². The van der Waals surface area contributed by atoms with Crippen molar-refractivity contribution < 1.29 is 4.79 Å². The Balaban J connectivity index is 1.31. The predicted molar refractivity (Wildman–Crippen MR) is 103 cm³/mol. The molecule has 1 heterocycles. The van der Waals surface area contributed by atoms with Gasteiger partial charge in [0.25, 0.3) is 0 Å². The fourth-order valence-corrected chi connectivity index (χ4v) is 6.19. The van der Waals surface area contributed by atoms with Gasteiger partial charge in [0.1, 0.15) is 6.54 Å². The number of rotatable bonds is 5. The van der Waals surface area contributed by atoms with E-state index in [4.69, 9.17) is 0 Å². The number of Topliss-reactive ketones (excluding diaryl/α,β-unsaturated/α-hetero) is 1. The van der Waals surface area contributed by atoms with E-state index in [-0.39, 0.29) is 12.0 Å². The molecular formula is C22H28N4O. The third-order valence-electron chi connectivity index (χ3n) is 7.20. The van der Waals surface area contributed by atoms with E-state index in [2.05, 4.69) is 41.4 Å². The van der Waals surface area contributed by atoms with Gasteiger partial charge in [0.05, 0.1) is 0 Å². The van der Waals surface area contributed by atoms with Crippen molar-refractivity contribution in [1.29, 1.82) is 0 Å². The lowest BCUT2D eigenvalue weighted by Gasteiger charge is -2.55. The van der Waals surface area contributed by atoms with Crippen molar-refractivity contribution in [2.45, 2.75) is 64.8 Å². The fourth-order valence-electron chi connectivity index (χ4n) is 6.19. The van der Waals surface area contributed by atoms with Crippen LogP contribution in [0.25, 0.3) is 11.4 Å². The summed E-state index contributed by atoms with van der Waals surface area (Å²) < 4.78 is 0. The second-order valence-corrected chi connectivity index (χ2v) is 9.54. The average molecular weight is 364 g/mol. The zero-order valence-corrected chi connectivity index (χ0v) is 16.3. The summed E-state index contributed by atoms with van der Waals surface area (Å²) in [6, 6.07) is 8.30. The van der Waals surface area contributed by atoms with Gasteiger partial charge in [-0.05, 0) is 73.0 Å². The average Bonchev–Trinajstić information content (AvgIpc) is 3.09. The molecule has 0 spiro atoms. The number of benzene rings is 1. The van der Waals surface area contributed by atoms with E-state index in [1.807, 2.05) is 12.1 Å². The highest BCUT2D eigenvalue weighted by molar-refractivity contribution is 5.85. The molecule has 0 unspecified atom stereocenters. The number of ketones is 1. The molecule has 0 amide bonds. The molecule has 2 aromatic rings. The quantitative estimate of drug-likeness (QED) is 0.796. The highest BCUT2D eigenvalue weighted by atomic mass is 16.1. The maximum Gasteiger partial charge on any atom is 0.204 e. The molecule has 4 bridgehead atoms. The molecule has 0 aliphatic heterocycles. The van der Waals surface area contributed by atoms with E-state index in [0.717, 1.165) is 42.6 Å². The van der Waals surface area contributed by atoms with Gasteiger partial charge < -0.3 is 0 Å². The van der Waals surface area contributed by atoms with Gasteiger partial charge in [-0.15, -0.1) is 10.2 Å². The monoisotopic (exact) mass is 364 g/mol. The Morgan fingerprint density at radius 3 is 2.22 bits per heavy atom. The number of carbonyl (C=O) groups excluding carboxylic acids is 1. The third-order valence-corrected chi connectivity index (χ3v) is 7.20. The summed E-state index contributed by atoms with van der Waals surface area (Å²) in [5.41, 5.74) is 2.15. The summed E-state index contributed by atoms with van der Waals surface area (Å²) in [5, 5.41) is 12.9. The van der Waals surface area contributed by atoms with Gasteiger partial charge in [0.2, 0.25) is 5.82 Å². The van der Waals surface area contributed by atoms with Gasteiger partial charge >= 0.3 is 0 Å². The molecule has 0 N–H and O–H groups in total. The molecule has 1 aromatic heterocycles. The largest absolute Gasteiger partial charge is 0.297 e. The number of hydrogen-bond donors (Lipinski definition) is 0. The minimum atomic E-state index is -0.0958. The van der Waals surface area contributed by atoms with Crippen LogP contribution in [0.4, 0.5) is 0 Å². The number of carbonyl (C=O) groups is 1. The molecule has 5 heteroatoms. The van der Waals surface area contributed by atoms with Crippen molar-refractivity contribution in [3.05, 3.63) is 29.8 Å². The molecule has 6 rings (SSSR count). The molecule has 4 aliphatic carbocycles. The van der Waals surface area contributed by atoms with Crippen molar-refractivity contribution in [3.63, 3.8) is 0 Å². The van der Waals surface area contributed by atoms with Crippen LogP contribution >= 0.6 is 0 Å². The first-order valence-corrected chi connectivity index (χ1v) is 10.4. The molecule has 0 saturated heterocycles. The number of nitrogens with zero attached hydrogens (tertiary/aromatic N) is 4. The Hall–Kier alpha value is -2.04. The van der Waals surface area contributed by atoms with Gasteiger partial charge in [-0.3, -0.25) is 4.79 Å². The van der Waals surface area contributed by atoms with E-state index < -0.39 is 0 Å². The molecule has 0 radical (unpaired) electrons. The molecule has 4 aliphatic rings. The summed E-state index contributed by atoms with van der Waals surface area (Å²) in [5.74, 6) is 3.77. The van der Waals surface area contributed by atoms with E-state index in [0.29, 0.717) is 17.5 Å². The standard InChI is InChI=1S/C22H28N4O/c1-14(2)18-3-5-19(6-4-18)21-23-25-26(24-21)13-20(27)22-10-15-7-16(11-22)9-17(8-15)12-22/h3-6,14-17H,7-13H2,1-2H3. The molecule has 4 saturated carbocycles. The summed E-state index contributed by atoms with van der Waals surface area (Å²) in [6.07, 6.45) is 7.34. The van der Waals surface area contributed by atoms with Crippen LogP contribution in [0.15, 0.2) is 24.3 Å². The van der Waals surface area contributed by atoms with E-state index in [9.17, 15) is 4.79 Å². The maximum absolute atomic E-state index is 13.2. The zero-order chi connectivity index (χ0) is 18.6. The van der Waals surface area contributed by atoms with Crippen LogP contribution in [0.2, 0.25) is 0 Å². The highest BCUT2D eigenvalue weighted by Crippen LogP contribution is 2.60. The molecule has 27 heavy (non-hydrogen) atoms. The number of aromatic nitrogens is 4. The molecule has 142 valence electrons. The molecule has 1 aromatic carbocycles. The number of hydrogen-bond acceptors (Lipinski definition) is 4. The summed E-state index contributed by atoms with van der Waals surface area (Å²) in [4.78, 5) is 14.7. The molecule has 0 atom stereocenters. The lowest BCUT2D eigenvalue weighted by molar-refractivity contribution is -0.145. The normalized spacial score (nSPS) is 31.6. The van der Waals surface area contributed by atoms with Crippen molar-refractivity contribution in [2.24, 2.45) is 23.2 Å². The number of tetrazole rings is 1. The second-order valence-electron chi connectivity index (χ2n) is 9.54. The lowest BCUT2D eigenvalue weighted by atomic mass is 9.48. The fraction of sp³-hybridized carbons (Fsp3) is 0.636. The van der Waals surface area contributed by atoms with Gasteiger partial charge in [-0.2, -0.15) is 4.80 Å². The van der Waals surface area contributed by atoms with E-state index in [1.54, 1.807) is 0 Å². The van der Waals surface area contributed by atoms with Gasteiger partial charge in [-0.1, -0.05) is 38.1 Å². The predicted octanol–water partition coefficient (Wildman–Crippen LogP) is 4.25.